The largest absolute Gasteiger partial charge is 0.496 e. The van der Waals surface area contributed by atoms with E-state index in [0.717, 1.165) is 11.3 Å². The number of methoxy groups -OCH3 is 1. The van der Waals surface area contributed by atoms with Gasteiger partial charge in [-0.3, -0.25) is 4.72 Å². The molecule has 124 valence electrons. The minimum atomic E-state index is -3.62. The van der Waals surface area contributed by atoms with Gasteiger partial charge < -0.3 is 9.64 Å². The maximum absolute atomic E-state index is 12.5. The van der Waals surface area contributed by atoms with Crippen LogP contribution in [0.3, 0.4) is 0 Å². The first-order chi connectivity index (χ1) is 10.9. The summed E-state index contributed by atoms with van der Waals surface area (Å²) in [6.07, 6.45) is 0.698. The second kappa shape index (κ2) is 6.91. The average Bonchev–Trinajstić information content (AvgIpc) is 2.54. The van der Waals surface area contributed by atoms with Crippen molar-refractivity contribution in [2.75, 3.05) is 30.8 Å². The Morgan fingerprint density at radius 1 is 1.09 bits per heavy atom. The molecule has 1 N–H and O–H groups in total. The minimum absolute atomic E-state index is 0.229. The van der Waals surface area contributed by atoms with Crippen molar-refractivity contribution >= 4 is 21.4 Å². The maximum Gasteiger partial charge on any atom is 0.261 e. The van der Waals surface area contributed by atoms with Crippen molar-refractivity contribution in [3.05, 3.63) is 48.0 Å². The van der Waals surface area contributed by atoms with E-state index < -0.39 is 10.0 Å². The third-order valence-corrected chi connectivity index (χ3v) is 4.96. The number of aryl methyl sites for hydroxylation is 1. The van der Waals surface area contributed by atoms with E-state index in [1.165, 1.54) is 0 Å². The number of nitrogens with zero attached hydrogens (tertiary/aromatic N) is 1. The lowest BCUT2D eigenvalue weighted by Crippen LogP contribution is -2.14. The number of hydrogen-bond acceptors (Lipinski definition) is 4. The predicted molar refractivity (Wildman–Crippen MR) is 93.9 cm³/mol. The van der Waals surface area contributed by atoms with Crippen molar-refractivity contribution in [3.8, 4) is 5.75 Å². The van der Waals surface area contributed by atoms with Gasteiger partial charge in [0.25, 0.3) is 10.0 Å². The number of nitrogens with one attached hydrogen (secondary N) is 1. The van der Waals surface area contributed by atoms with Crippen LogP contribution in [-0.4, -0.2) is 29.6 Å². The molecule has 0 spiro atoms. The van der Waals surface area contributed by atoms with Crippen LogP contribution in [0, 0.1) is 0 Å². The molecular weight excluding hydrogens is 312 g/mol. The first-order valence-corrected chi connectivity index (χ1v) is 8.83. The SMILES string of the molecule is CCc1cc(S(=O)(=O)Nc2ccc(N(C)C)cc2)ccc1OC. The molecule has 2 rings (SSSR count). The molecule has 0 atom stereocenters. The topological polar surface area (TPSA) is 58.6 Å². The normalized spacial score (nSPS) is 11.1. The van der Waals surface area contributed by atoms with Gasteiger partial charge in [0, 0.05) is 25.5 Å². The molecule has 0 unspecified atom stereocenters. The molecule has 0 fully saturated rings. The van der Waals surface area contributed by atoms with E-state index in [1.54, 1.807) is 37.4 Å². The third kappa shape index (κ3) is 3.96. The molecule has 0 amide bonds. The van der Waals surface area contributed by atoms with Crippen LogP contribution in [0.1, 0.15) is 12.5 Å². The molecule has 0 heterocycles. The summed E-state index contributed by atoms with van der Waals surface area (Å²) in [4.78, 5) is 2.18. The van der Waals surface area contributed by atoms with Gasteiger partial charge in [0.2, 0.25) is 0 Å². The molecule has 23 heavy (non-hydrogen) atoms. The van der Waals surface area contributed by atoms with Crippen LogP contribution in [-0.2, 0) is 16.4 Å². The van der Waals surface area contributed by atoms with E-state index in [2.05, 4.69) is 4.72 Å². The van der Waals surface area contributed by atoms with Gasteiger partial charge >= 0.3 is 0 Å². The molecule has 0 radical (unpaired) electrons. The maximum atomic E-state index is 12.5. The van der Waals surface area contributed by atoms with E-state index in [0.29, 0.717) is 17.9 Å². The Kier molecular flexibility index (Phi) is 5.15. The Balaban J connectivity index is 2.28. The summed E-state index contributed by atoms with van der Waals surface area (Å²) in [5.74, 6) is 0.696. The fourth-order valence-corrected chi connectivity index (χ4v) is 3.35. The van der Waals surface area contributed by atoms with Gasteiger partial charge in [0.15, 0.2) is 0 Å². The van der Waals surface area contributed by atoms with Crippen LogP contribution in [0.15, 0.2) is 47.4 Å². The smallest absolute Gasteiger partial charge is 0.261 e. The first kappa shape index (κ1) is 17.1. The van der Waals surface area contributed by atoms with Crippen LogP contribution >= 0.6 is 0 Å². The highest BCUT2D eigenvalue weighted by atomic mass is 32.2. The highest BCUT2D eigenvalue weighted by Crippen LogP contribution is 2.25. The van der Waals surface area contributed by atoms with Gasteiger partial charge in [0.05, 0.1) is 12.0 Å². The lowest BCUT2D eigenvalue weighted by atomic mass is 10.1. The number of hydrogen-bond donors (Lipinski definition) is 1. The zero-order valence-electron chi connectivity index (χ0n) is 13.8. The van der Waals surface area contributed by atoms with Crippen LogP contribution in [0.5, 0.6) is 5.75 Å². The van der Waals surface area contributed by atoms with E-state index in [4.69, 9.17) is 4.74 Å². The monoisotopic (exact) mass is 334 g/mol. The lowest BCUT2D eigenvalue weighted by molar-refractivity contribution is 0.409. The minimum Gasteiger partial charge on any atom is -0.496 e. The first-order valence-electron chi connectivity index (χ1n) is 7.34. The molecule has 0 bridgehead atoms. The second-order valence-corrected chi connectivity index (χ2v) is 7.06. The van der Waals surface area contributed by atoms with Gasteiger partial charge in [0.1, 0.15) is 5.75 Å². The fourth-order valence-electron chi connectivity index (χ4n) is 2.24. The van der Waals surface area contributed by atoms with Crippen LogP contribution < -0.4 is 14.4 Å². The van der Waals surface area contributed by atoms with Crippen LogP contribution in [0.2, 0.25) is 0 Å². The molecule has 2 aromatic rings. The summed E-state index contributed by atoms with van der Waals surface area (Å²) in [6.45, 7) is 1.96. The zero-order valence-corrected chi connectivity index (χ0v) is 14.6. The van der Waals surface area contributed by atoms with Crippen molar-refractivity contribution in [2.45, 2.75) is 18.2 Å². The summed E-state index contributed by atoms with van der Waals surface area (Å²) in [7, 11) is 1.82. The Hall–Kier alpha value is -2.21. The molecule has 0 aliphatic heterocycles. The average molecular weight is 334 g/mol. The van der Waals surface area contributed by atoms with E-state index in [1.807, 2.05) is 38.1 Å². The van der Waals surface area contributed by atoms with E-state index in [9.17, 15) is 8.42 Å². The van der Waals surface area contributed by atoms with Crippen LogP contribution in [0.4, 0.5) is 11.4 Å². The molecular formula is C17H22N2O3S. The molecule has 0 aliphatic carbocycles. The van der Waals surface area contributed by atoms with Crippen LogP contribution in [0.25, 0.3) is 0 Å². The Labute approximate surface area is 137 Å². The number of anilines is 2. The molecule has 0 saturated heterocycles. The quantitative estimate of drug-likeness (QED) is 0.882. The Morgan fingerprint density at radius 3 is 2.26 bits per heavy atom. The van der Waals surface area contributed by atoms with Gasteiger partial charge in [-0.1, -0.05) is 6.92 Å². The molecule has 0 aliphatic rings. The lowest BCUT2D eigenvalue weighted by Gasteiger charge is -2.14. The summed E-state index contributed by atoms with van der Waals surface area (Å²) < 4.78 is 32.9. The highest BCUT2D eigenvalue weighted by molar-refractivity contribution is 7.92. The van der Waals surface area contributed by atoms with Gasteiger partial charge in [-0.15, -0.1) is 0 Å². The van der Waals surface area contributed by atoms with Crippen molar-refractivity contribution < 1.29 is 13.2 Å². The van der Waals surface area contributed by atoms with Gasteiger partial charge in [-0.2, -0.15) is 0 Å². The molecule has 0 aromatic heterocycles. The molecule has 5 nitrogen and oxygen atoms in total. The molecule has 6 heteroatoms. The van der Waals surface area contributed by atoms with Gasteiger partial charge in [-0.25, -0.2) is 8.42 Å². The van der Waals surface area contributed by atoms with Crippen molar-refractivity contribution in [2.24, 2.45) is 0 Å². The van der Waals surface area contributed by atoms with E-state index >= 15 is 0 Å². The second-order valence-electron chi connectivity index (χ2n) is 5.37. The van der Waals surface area contributed by atoms with E-state index in [-0.39, 0.29) is 4.90 Å². The summed E-state index contributed by atoms with van der Waals surface area (Å²) in [5.41, 5.74) is 2.40. The summed E-state index contributed by atoms with van der Waals surface area (Å²) in [5, 5.41) is 0. The Bertz CT molecular complexity index is 769. The standard InChI is InChI=1S/C17H22N2O3S/c1-5-13-12-16(10-11-17(13)22-4)23(20,21)18-14-6-8-15(9-7-14)19(2)3/h6-12,18H,5H2,1-4H3. The van der Waals surface area contributed by atoms with Crippen molar-refractivity contribution in [3.63, 3.8) is 0 Å². The number of rotatable bonds is 6. The number of ether oxygens (including phenoxy) is 1. The number of benzene rings is 2. The molecule has 0 saturated carbocycles. The molecule has 2 aromatic carbocycles. The van der Waals surface area contributed by atoms with Crippen molar-refractivity contribution in [1.29, 1.82) is 0 Å². The predicted octanol–water partition coefficient (Wildman–Crippen LogP) is 3.12. The summed E-state index contributed by atoms with van der Waals surface area (Å²) >= 11 is 0. The third-order valence-electron chi connectivity index (χ3n) is 3.58. The number of sulfonamides is 1. The fraction of sp³-hybridized carbons (Fsp3) is 0.294. The Morgan fingerprint density at radius 2 is 1.74 bits per heavy atom. The highest BCUT2D eigenvalue weighted by Gasteiger charge is 2.16. The summed E-state index contributed by atoms with van der Waals surface area (Å²) in [6, 6.07) is 12.1. The van der Waals surface area contributed by atoms with Gasteiger partial charge in [-0.05, 0) is 54.4 Å². The van der Waals surface area contributed by atoms with Crippen molar-refractivity contribution in [1.82, 2.24) is 0 Å². The zero-order chi connectivity index (χ0) is 17.0.